The van der Waals surface area contributed by atoms with Crippen molar-refractivity contribution >= 4 is 40.2 Å². The monoisotopic (exact) mass is 739 g/mol. The molecule has 0 aliphatic carbocycles. The first kappa shape index (κ1) is 38.2. The topological polar surface area (TPSA) is 148 Å². The van der Waals surface area contributed by atoms with Crippen LogP contribution in [-0.4, -0.2) is 92.6 Å². The average Bonchev–Trinajstić information content (AvgIpc) is 3.17. The normalized spacial score (nSPS) is 14.0. The van der Waals surface area contributed by atoms with Crippen LogP contribution in [0.15, 0.2) is 59.4 Å². The van der Waals surface area contributed by atoms with Crippen molar-refractivity contribution in [2.45, 2.75) is 32.4 Å². The number of benzene rings is 3. The third-order valence-electron chi connectivity index (χ3n) is 8.91. The van der Waals surface area contributed by atoms with Gasteiger partial charge in [0.25, 0.3) is 5.56 Å². The Hall–Kier alpha value is -6.00. The highest BCUT2D eigenvalue weighted by Gasteiger charge is 2.34. The summed E-state index contributed by atoms with van der Waals surface area (Å²) in [7, 11) is 4.08. The standard InChI is InChI=1S/C36H40F3N7O7/c1-6-28(42-36(50)53-5)35(49)43-13-15-44(16-14-43)46-33(41-29-19-27(39)26(38)18-25(29)34(46)48)21(2)45(30-12-11-24(51-3)17-31(30)52-4)32(47)20-40-23-9-7-22(37)8-10-23/h7-12,17-19,21,28,40H,6,13-16,20H2,1-5H3,(H,42,50)/t21?,28-/m0/s1. The maximum atomic E-state index is 14.6. The van der Waals surface area contributed by atoms with Crippen molar-refractivity contribution in [3.8, 4) is 11.5 Å². The van der Waals surface area contributed by atoms with Gasteiger partial charge in [0, 0.05) is 30.9 Å². The third-order valence-corrected chi connectivity index (χ3v) is 8.91. The van der Waals surface area contributed by atoms with Gasteiger partial charge in [0.15, 0.2) is 17.5 Å². The summed E-state index contributed by atoms with van der Waals surface area (Å²) in [6.07, 6.45) is -0.443. The Kier molecular flexibility index (Phi) is 11.9. The lowest BCUT2D eigenvalue weighted by atomic mass is 10.1. The number of amides is 3. The molecule has 2 N–H and O–H groups in total. The van der Waals surface area contributed by atoms with Crippen LogP contribution in [0.5, 0.6) is 11.5 Å². The maximum absolute atomic E-state index is 14.6. The van der Waals surface area contributed by atoms with Crippen LogP contribution in [0.25, 0.3) is 10.9 Å². The molecular formula is C36H40F3N7O7. The van der Waals surface area contributed by atoms with Crippen molar-refractivity contribution < 1.29 is 41.8 Å². The van der Waals surface area contributed by atoms with Crippen molar-refractivity contribution in [2.75, 3.05) is 69.3 Å². The molecule has 4 aromatic rings. The van der Waals surface area contributed by atoms with Crippen LogP contribution in [-0.2, 0) is 14.3 Å². The minimum atomic E-state index is -1.24. The van der Waals surface area contributed by atoms with Crippen LogP contribution >= 0.6 is 0 Å². The number of nitrogens with one attached hydrogen (secondary N) is 2. The number of hydrogen-bond acceptors (Lipinski definition) is 10. The number of alkyl carbamates (subject to hydrolysis) is 1. The van der Waals surface area contributed by atoms with Crippen LogP contribution in [0.3, 0.4) is 0 Å². The molecule has 282 valence electrons. The highest BCUT2D eigenvalue weighted by molar-refractivity contribution is 5.98. The molecule has 2 heterocycles. The van der Waals surface area contributed by atoms with E-state index in [2.05, 4.69) is 20.4 Å². The molecule has 0 radical (unpaired) electrons. The van der Waals surface area contributed by atoms with Gasteiger partial charge in [-0.3, -0.25) is 19.3 Å². The number of anilines is 2. The van der Waals surface area contributed by atoms with E-state index < -0.39 is 47.1 Å². The predicted molar refractivity (Wildman–Crippen MR) is 190 cm³/mol. The number of nitrogens with zero attached hydrogens (tertiary/aromatic N) is 5. The summed E-state index contributed by atoms with van der Waals surface area (Å²) in [6, 6.07) is 9.91. The van der Waals surface area contributed by atoms with Crippen LogP contribution in [0.4, 0.5) is 29.3 Å². The van der Waals surface area contributed by atoms with Crippen LogP contribution in [0.2, 0.25) is 0 Å². The van der Waals surface area contributed by atoms with Crippen molar-refractivity contribution in [2.24, 2.45) is 0 Å². The van der Waals surface area contributed by atoms with Crippen molar-refractivity contribution in [1.82, 2.24) is 19.9 Å². The van der Waals surface area contributed by atoms with Crippen molar-refractivity contribution in [3.63, 3.8) is 0 Å². The van der Waals surface area contributed by atoms with Crippen LogP contribution in [0.1, 0.15) is 32.1 Å². The molecule has 1 fully saturated rings. The van der Waals surface area contributed by atoms with Gasteiger partial charge in [0.2, 0.25) is 11.8 Å². The van der Waals surface area contributed by atoms with E-state index in [-0.39, 0.29) is 66.8 Å². The van der Waals surface area contributed by atoms with Crippen LogP contribution < -0.4 is 35.6 Å². The summed E-state index contributed by atoms with van der Waals surface area (Å²) in [4.78, 5) is 61.2. The molecule has 3 amide bonds. The Balaban J connectivity index is 1.58. The molecule has 3 aromatic carbocycles. The maximum Gasteiger partial charge on any atom is 0.407 e. The zero-order valence-electron chi connectivity index (χ0n) is 29.8. The molecule has 1 saturated heterocycles. The zero-order valence-corrected chi connectivity index (χ0v) is 29.8. The molecular weight excluding hydrogens is 699 g/mol. The minimum absolute atomic E-state index is 0.0000747. The molecule has 14 nitrogen and oxygen atoms in total. The Labute approximate surface area is 303 Å². The minimum Gasteiger partial charge on any atom is -0.497 e. The third kappa shape index (κ3) is 8.23. The average molecular weight is 740 g/mol. The molecule has 5 rings (SSSR count). The molecule has 1 aliphatic rings. The van der Waals surface area contributed by atoms with Gasteiger partial charge in [-0.15, -0.1) is 0 Å². The quantitative estimate of drug-likeness (QED) is 0.219. The van der Waals surface area contributed by atoms with Gasteiger partial charge in [-0.1, -0.05) is 6.92 Å². The SMILES string of the molecule is CC[C@H](NC(=O)OC)C(=O)N1CCN(n2c(C(C)N(C(=O)CNc3ccc(F)cc3)c3ccc(OC)cc3OC)nc3cc(F)c(F)cc3c2=O)CC1. The summed E-state index contributed by atoms with van der Waals surface area (Å²) in [5, 5.41) is 6.92. The van der Waals surface area contributed by atoms with Crippen molar-refractivity contribution in [1.29, 1.82) is 0 Å². The number of aromatic nitrogens is 2. The molecule has 1 unspecified atom stereocenters. The summed E-state index contributed by atoms with van der Waals surface area (Å²) >= 11 is 0. The largest absolute Gasteiger partial charge is 0.497 e. The molecule has 1 aliphatic heterocycles. The molecule has 2 atom stereocenters. The van der Waals surface area contributed by atoms with E-state index in [1.807, 2.05) is 0 Å². The summed E-state index contributed by atoms with van der Waals surface area (Å²) in [5.41, 5.74) is -0.129. The predicted octanol–water partition coefficient (Wildman–Crippen LogP) is 3.95. The lowest BCUT2D eigenvalue weighted by Crippen LogP contribution is -2.59. The van der Waals surface area contributed by atoms with Gasteiger partial charge in [-0.05, 0) is 55.8 Å². The summed E-state index contributed by atoms with van der Waals surface area (Å²) < 4.78 is 59.5. The van der Waals surface area contributed by atoms with E-state index in [1.54, 1.807) is 37.1 Å². The second kappa shape index (κ2) is 16.6. The molecule has 17 heteroatoms. The van der Waals surface area contributed by atoms with Gasteiger partial charge in [-0.2, -0.15) is 0 Å². The van der Waals surface area contributed by atoms with Gasteiger partial charge in [0.05, 0.1) is 63.6 Å². The first-order valence-electron chi connectivity index (χ1n) is 16.7. The fourth-order valence-corrected chi connectivity index (χ4v) is 6.10. The Morgan fingerprint density at radius 2 is 1.60 bits per heavy atom. The van der Waals surface area contributed by atoms with Gasteiger partial charge in [0.1, 0.15) is 23.4 Å². The van der Waals surface area contributed by atoms with E-state index in [0.717, 1.165) is 12.1 Å². The van der Waals surface area contributed by atoms with Gasteiger partial charge >= 0.3 is 6.09 Å². The first-order valence-corrected chi connectivity index (χ1v) is 16.7. The Morgan fingerprint density at radius 3 is 2.23 bits per heavy atom. The molecule has 0 spiro atoms. The molecule has 53 heavy (non-hydrogen) atoms. The fraction of sp³-hybridized carbons (Fsp3) is 0.361. The van der Waals surface area contributed by atoms with Crippen LogP contribution in [0, 0.1) is 17.5 Å². The van der Waals surface area contributed by atoms with E-state index in [4.69, 9.17) is 9.47 Å². The molecule has 0 saturated carbocycles. The number of ether oxygens (including phenoxy) is 3. The fourth-order valence-electron chi connectivity index (χ4n) is 6.10. The zero-order chi connectivity index (χ0) is 38.4. The lowest BCUT2D eigenvalue weighted by molar-refractivity contribution is -0.133. The number of carbonyl (C=O) groups is 3. The Bertz CT molecular complexity index is 2040. The summed E-state index contributed by atoms with van der Waals surface area (Å²) in [5.74, 6) is -3.09. The highest BCUT2D eigenvalue weighted by Crippen LogP contribution is 2.37. The van der Waals surface area contributed by atoms with E-state index in [0.29, 0.717) is 17.9 Å². The lowest BCUT2D eigenvalue weighted by Gasteiger charge is -2.40. The first-order chi connectivity index (χ1) is 25.4. The highest BCUT2D eigenvalue weighted by atomic mass is 19.2. The van der Waals surface area contributed by atoms with Gasteiger partial charge in [-0.25, -0.2) is 27.6 Å². The van der Waals surface area contributed by atoms with E-state index >= 15 is 0 Å². The smallest absolute Gasteiger partial charge is 0.407 e. The number of rotatable bonds is 12. The number of fused-ring (bicyclic) bond motifs is 1. The second-order valence-corrected chi connectivity index (χ2v) is 12.1. The number of carbonyl (C=O) groups excluding carboxylic acids is 3. The second-order valence-electron chi connectivity index (χ2n) is 12.1. The number of piperazine rings is 1. The number of hydrogen-bond donors (Lipinski definition) is 2. The number of methoxy groups -OCH3 is 3. The molecule has 1 aromatic heterocycles. The Morgan fingerprint density at radius 1 is 0.925 bits per heavy atom. The van der Waals surface area contributed by atoms with E-state index in [1.165, 1.54) is 60.1 Å². The van der Waals surface area contributed by atoms with E-state index in [9.17, 15) is 32.3 Å². The number of halogens is 3. The summed E-state index contributed by atoms with van der Waals surface area (Å²) in [6.45, 7) is 3.53. The molecule has 0 bridgehead atoms. The van der Waals surface area contributed by atoms with Crippen molar-refractivity contribution in [3.05, 3.63) is 88.2 Å². The van der Waals surface area contributed by atoms with Gasteiger partial charge < -0.3 is 34.8 Å².